The van der Waals surface area contributed by atoms with E-state index in [-0.39, 0.29) is 17.9 Å². The van der Waals surface area contributed by atoms with Crippen LogP contribution in [0.1, 0.15) is 31.7 Å². The lowest BCUT2D eigenvalue weighted by atomic mass is 10.1. The van der Waals surface area contributed by atoms with E-state index in [9.17, 15) is 9.59 Å². The van der Waals surface area contributed by atoms with E-state index in [1.165, 1.54) is 12.5 Å². The molecule has 4 nitrogen and oxygen atoms in total. The van der Waals surface area contributed by atoms with E-state index in [0.29, 0.717) is 5.92 Å². The quantitative estimate of drug-likeness (QED) is 0.838. The van der Waals surface area contributed by atoms with E-state index in [2.05, 4.69) is 22.8 Å². The molecule has 1 fully saturated rings. The highest BCUT2D eigenvalue weighted by Crippen LogP contribution is 2.40. The molecule has 0 heterocycles. The molecule has 0 radical (unpaired) electrons. The Morgan fingerprint density at radius 2 is 1.94 bits per heavy atom. The minimum absolute atomic E-state index is 0.117. The van der Waals surface area contributed by atoms with E-state index in [1.54, 1.807) is 6.92 Å². The average molecular weight is 246 g/mol. The van der Waals surface area contributed by atoms with Crippen LogP contribution in [0.25, 0.3) is 0 Å². The third kappa shape index (κ3) is 3.09. The Morgan fingerprint density at radius 1 is 1.28 bits per heavy atom. The van der Waals surface area contributed by atoms with Crippen molar-refractivity contribution in [2.45, 2.75) is 38.3 Å². The molecule has 1 aliphatic carbocycles. The molecule has 1 aromatic carbocycles. The molecule has 2 N–H and O–H groups in total. The lowest BCUT2D eigenvalue weighted by molar-refractivity contribution is -0.127. The molecule has 0 bridgehead atoms. The van der Waals surface area contributed by atoms with Gasteiger partial charge in [0.25, 0.3) is 0 Å². The van der Waals surface area contributed by atoms with Gasteiger partial charge in [-0.2, -0.15) is 0 Å². The molecule has 0 spiro atoms. The van der Waals surface area contributed by atoms with Gasteiger partial charge in [-0.3, -0.25) is 9.59 Å². The highest BCUT2D eigenvalue weighted by atomic mass is 16.2. The molecule has 1 saturated carbocycles. The summed E-state index contributed by atoms with van der Waals surface area (Å²) < 4.78 is 0. The second-order valence-electron chi connectivity index (χ2n) is 4.79. The second-order valence-corrected chi connectivity index (χ2v) is 4.79. The van der Waals surface area contributed by atoms with Gasteiger partial charge in [-0.1, -0.05) is 30.3 Å². The van der Waals surface area contributed by atoms with Gasteiger partial charge in [0.15, 0.2) is 0 Å². The molecule has 1 aliphatic rings. The van der Waals surface area contributed by atoms with Gasteiger partial charge >= 0.3 is 0 Å². The highest BCUT2D eigenvalue weighted by Gasteiger charge is 2.39. The molecule has 2 rings (SSSR count). The van der Waals surface area contributed by atoms with Crippen molar-refractivity contribution in [3.63, 3.8) is 0 Å². The number of hydrogen-bond acceptors (Lipinski definition) is 2. The molecule has 2 amide bonds. The minimum atomic E-state index is -0.473. The number of benzene rings is 1. The number of carbonyl (C=O) groups is 2. The van der Waals surface area contributed by atoms with E-state index in [1.807, 2.05) is 18.2 Å². The lowest BCUT2D eigenvalue weighted by Crippen LogP contribution is -2.45. The first-order chi connectivity index (χ1) is 8.58. The zero-order valence-corrected chi connectivity index (χ0v) is 10.6. The van der Waals surface area contributed by atoms with Crippen LogP contribution in [0, 0.1) is 0 Å². The van der Waals surface area contributed by atoms with Crippen LogP contribution < -0.4 is 10.6 Å². The van der Waals surface area contributed by atoms with Crippen LogP contribution in [-0.2, 0) is 9.59 Å². The van der Waals surface area contributed by atoms with Crippen molar-refractivity contribution in [1.29, 1.82) is 0 Å². The fourth-order valence-electron chi connectivity index (χ4n) is 2.10. The predicted octanol–water partition coefficient (Wildman–Crippen LogP) is 1.18. The molecule has 0 saturated heterocycles. The highest BCUT2D eigenvalue weighted by molar-refractivity contribution is 5.86. The van der Waals surface area contributed by atoms with Crippen molar-refractivity contribution in [2.75, 3.05) is 0 Å². The smallest absolute Gasteiger partial charge is 0.242 e. The minimum Gasteiger partial charge on any atom is -0.351 e. The summed E-state index contributed by atoms with van der Waals surface area (Å²) in [6, 6.07) is 9.88. The Balaban J connectivity index is 1.83. The van der Waals surface area contributed by atoms with Crippen LogP contribution in [0.5, 0.6) is 0 Å². The van der Waals surface area contributed by atoms with Gasteiger partial charge in [0, 0.05) is 18.9 Å². The molecule has 4 heteroatoms. The molecule has 96 valence electrons. The largest absolute Gasteiger partial charge is 0.351 e. The fourth-order valence-corrected chi connectivity index (χ4v) is 2.10. The van der Waals surface area contributed by atoms with Gasteiger partial charge in [0.1, 0.15) is 6.04 Å². The van der Waals surface area contributed by atoms with Crippen molar-refractivity contribution in [2.24, 2.45) is 0 Å². The van der Waals surface area contributed by atoms with Crippen LogP contribution in [0.4, 0.5) is 0 Å². The molecule has 18 heavy (non-hydrogen) atoms. The monoisotopic (exact) mass is 246 g/mol. The Morgan fingerprint density at radius 3 is 2.56 bits per heavy atom. The first-order valence-electron chi connectivity index (χ1n) is 6.20. The van der Waals surface area contributed by atoms with Crippen molar-refractivity contribution >= 4 is 11.8 Å². The summed E-state index contributed by atoms with van der Waals surface area (Å²) in [5, 5.41) is 5.53. The van der Waals surface area contributed by atoms with Gasteiger partial charge in [0.2, 0.25) is 11.8 Å². The maximum atomic E-state index is 11.8. The number of hydrogen-bond donors (Lipinski definition) is 2. The predicted molar refractivity (Wildman–Crippen MR) is 69.0 cm³/mol. The first-order valence-corrected chi connectivity index (χ1v) is 6.20. The number of rotatable bonds is 4. The summed E-state index contributed by atoms with van der Waals surface area (Å²) in [5.41, 5.74) is 1.26. The number of amides is 2. The zero-order chi connectivity index (χ0) is 13.1. The summed E-state index contributed by atoms with van der Waals surface area (Å²) in [7, 11) is 0. The third-order valence-corrected chi connectivity index (χ3v) is 3.16. The Bertz CT molecular complexity index is 444. The molecule has 0 unspecified atom stereocenters. The van der Waals surface area contributed by atoms with E-state index < -0.39 is 6.04 Å². The van der Waals surface area contributed by atoms with Crippen LogP contribution in [0.2, 0.25) is 0 Å². The van der Waals surface area contributed by atoms with Crippen molar-refractivity contribution in [3.05, 3.63) is 35.9 Å². The molecule has 1 aromatic rings. The summed E-state index contributed by atoms with van der Waals surface area (Å²) in [6.45, 7) is 3.10. The van der Waals surface area contributed by atoms with Crippen LogP contribution in [0.15, 0.2) is 30.3 Å². The van der Waals surface area contributed by atoms with Crippen molar-refractivity contribution in [1.82, 2.24) is 10.6 Å². The maximum absolute atomic E-state index is 11.8. The van der Waals surface area contributed by atoms with Crippen molar-refractivity contribution in [3.8, 4) is 0 Å². The lowest BCUT2D eigenvalue weighted by Gasteiger charge is -2.12. The maximum Gasteiger partial charge on any atom is 0.242 e. The normalized spacial score (nSPS) is 23.0. The number of nitrogens with one attached hydrogen (secondary N) is 2. The Hall–Kier alpha value is -1.84. The van der Waals surface area contributed by atoms with Crippen molar-refractivity contribution < 1.29 is 9.59 Å². The molecule has 0 aromatic heterocycles. The molecular weight excluding hydrogens is 228 g/mol. The van der Waals surface area contributed by atoms with Gasteiger partial charge in [-0.05, 0) is 18.9 Å². The summed E-state index contributed by atoms with van der Waals surface area (Å²) in [4.78, 5) is 22.6. The first kappa shape index (κ1) is 12.6. The third-order valence-electron chi connectivity index (χ3n) is 3.16. The summed E-state index contributed by atoms with van der Waals surface area (Å²) >= 11 is 0. The second kappa shape index (κ2) is 5.21. The Kier molecular flexibility index (Phi) is 3.65. The van der Waals surface area contributed by atoms with Crippen LogP contribution in [-0.4, -0.2) is 23.9 Å². The van der Waals surface area contributed by atoms with Crippen LogP contribution in [0.3, 0.4) is 0 Å². The standard InChI is InChI=1S/C14H18N2O2/c1-9(15-10(2)17)14(18)16-13-8-12(13)11-6-4-3-5-7-11/h3-7,9,12-13H,8H2,1-2H3,(H,15,17)(H,16,18)/t9-,12-,13-/m1/s1. The van der Waals surface area contributed by atoms with Gasteiger partial charge < -0.3 is 10.6 Å². The summed E-state index contributed by atoms with van der Waals surface area (Å²) in [6.07, 6.45) is 0.975. The Labute approximate surface area is 107 Å². The number of carbonyl (C=O) groups excluding carboxylic acids is 2. The molecular formula is C14H18N2O2. The topological polar surface area (TPSA) is 58.2 Å². The average Bonchev–Trinajstić information content (AvgIpc) is 3.08. The zero-order valence-electron chi connectivity index (χ0n) is 10.6. The van der Waals surface area contributed by atoms with Gasteiger partial charge in [-0.25, -0.2) is 0 Å². The van der Waals surface area contributed by atoms with Crippen LogP contribution >= 0.6 is 0 Å². The molecule has 3 atom stereocenters. The SMILES string of the molecule is CC(=O)N[C@H](C)C(=O)N[C@@H]1C[C@@H]1c1ccccc1. The van der Waals surface area contributed by atoms with E-state index in [0.717, 1.165) is 6.42 Å². The fraction of sp³-hybridized carbons (Fsp3) is 0.429. The van der Waals surface area contributed by atoms with Gasteiger partial charge in [-0.15, -0.1) is 0 Å². The van der Waals surface area contributed by atoms with E-state index >= 15 is 0 Å². The van der Waals surface area contributed by atoms with Gasteiger partial charge in [0.05, 0.1) is 0 Å². The van der Waals surface area contributed by atoms with E-state index in [4.69, 9.17) is 0 Å². The summed E-state index contributed by atoms with van der Waals surface area (Å²) in [5.74, 6) is 0.112. The molecule has 0 aliphatic heterocycles.